The molecule has 24 heavy (non-hydrogen) atoms. The minimum Gasteiger partial charge on any atom is -0.435 e. The van der Waals surface area contributed by atoms with Crippen LogP contribution in [0.3, 0.4) is 0 Å². The number of nitrogens with zero attached hydrogens (tertiary/aromatic N) is 2. The number of hydrogen-bond acceptors (Lipinski definition) is 4. The molecular formula is C17H16F2N2O3. The van der Waals surface area contributed by atoms with E-state index in [4.69, 9.17) is 0 Å². The fourth-order valence-corrected chi connectivity index (χ4v) is 2.93. The van der Waals surface area contributed by atoms with E-state index in [2.05, 4.69) is 9.84 Å². The molecule has 1 aromatic carbocycles. The van der Waals surface area contributed by atoms with Gasteiger partial charge in [0.25, 0.3) is 5.56 Å². The van der Waals surface area contributed by atoms with E-state index in [0.717, 1.165) is 4.68 Å². The number of fused-ring (bicyclic) bond motifs is 1. The summed E-state index contributed by atoms with van der Waals surface area (Å²) in [4.78, 5) is 24.6. The molecule has 0 fully saturated rings. The molecule has 126 valence electrons. The van der Waals surface area contributed by atoms with E-state index in [-0.39, 0.29) is 28.3 Å². The molecule has 0 unspecified atom stereocenters. The second-order valence-electron chi connectivity index (χ2n) is 6.59. The molecule has 2 aromatic rings. The first-order chi connectivity index (χ1) is 11.2. The van der Waals surface area contributed by atoms with E-state index in [9.17, 15) is 18.4 Å². The Balaban J connectivity index is 2.06. The van der Waals surface area contributed by atoms with Gasteiger partial charge in [-0.3, -0.25) is 9.59 Å². The Kier molecular flexibility index (Phi) is 3.95. The van der Waals surface area contributed by atoms with Gasteiger partial charge in [0.1, 0.15) is 11.4 Å². The Morgan fingerprint density at radius 3 is 2.67 bits per heavy atom. The van der Waals surface area contributed by atoms with Crippen molar-refractivity contribution in [2.75, 3.05) is 0 Å². The third-order valence-electron chi connectivity index (χ3n) is 3.87. The van der Waals surface area contributed by atoms with Crippen LogP contribution in [0.15, 0.2) is 35.1 Å². The molecule has 0 atom stereocenters. The normalized spacial score (nSPS) is 16.1. The first-order valence-electron chi connectivity index (χ1n) is 7.47. The molecule has 0 amide bonds. The molecule has 1 heterocycles. The zero-order chi connectivity index (χ0) is 17.5. The van der Waals surface area contributed by atoms with Crippen molar-refractivity contribution in [1.29, 1.82) is 0 Å². The number of carbonyl (C=O) groups excluding carboxylic acids is 1. The van der Waals surface area contributed by atoms with Crippen molar-refractivity contribution in [3.8, 4) is 11.4 Å². The standard InChI is InChI=1S/C17H16F2N2O3/c1-17(2)8-10-6-14(23)21(20-15(10)13(22)9-17)11-4-3-5-12(7-11)24-16(18)19/h3-7,16H,8-9H2,1-2H3. The molecule has 0 aliphatic heterocycles. The van der Waals surface area contributed by atoms with Gasteiger partial charge in [-0.2, -0.15) is 18.6 Å². The molecule has 5 nitrogen and oxygen atoms in total. The van der Waals surface area contributed by atoms with Crippen molar-refractivity contribution in [3.63, 3.8) is 0 Å². The first-order valence-corrected chi connectivity index (χ1v) is 7.47. The Bertz CT molecular complexity index is 859. The van der Waals surface area contributed by atoms with E-state index in [1.807, 2.05) is 13.8 Å². The summed E-state index contributed by atoms with van der Waals surface area (Å²) in [7, 11) is 0. The highest BCUT2D eigenvalue weighted by atomic mass is 19.3. The van der Waals surface area contributed by atoms with Crippen LogP contribution in [0.5, 0.6) is 5.75 Å². The van der Waals surface area contributed by atoms with Gasteiger partial charge in [-0.1, -0.05) is 19.9 Å². The molecule has 1 aliphatic carbocycles. The highest BCUT2D eigenvalue weighted by molar-refractivity contribution is 5.97. The topological polar surface area (TPSA) is 61.2 Å². The number of Topliss-reactive ketones (excluding diaryl/α,β-unsaturated/α-hetero) is 1. The Morgan fingerprint density at radius 2 is 1.96 bits per heavy atom. The molecule has 1 aliphatic rings. The lowest BCUT2D eigenvalue weighted by atomic mass is 9.75. The highest BCUT2D eigenvalue weighted by Gasteiger charge is 2.32. The lowest BCUT2D eigenvalue weighted by Gasteiger charge is -2.29. The van der Waals surface area contributed by atoms with Gasteiger partial charge >= 0.3 is 6.61 Å². The summed E-state index contributed by atoms with van der Waals surface area (Å²) in [6.45, 7) is 0.965. The maximum atomic E-state index is 12.3. The second kappa shape index (κ2) is 5.81. The van der Waals surface area contributed by atoms with Crippen LogP contribution < -0.4 is 10.3 Å². The maximum Gasteiger partial charge on any atom is 0.387 e. The molecule has 7 heteroatoms. The van der Waals surface area contributed by atoms with Gasteiger partial charge in [-0.15, -0.1) is 0 Å². The summed E-state index contributed by atoms with van der Waals surface area (Å²) < 4.78 is 30.0. The van der Waals surface area contributed by atoms with Crippen molar-refractivity contribution in [2.24, 2.45) is 5.41 Å². The van der Waals surface area contributed by atoms with Crippen molar-refractivity contribution in [3.05, 3.63) is 51.9 Å². The van der Waals surface area contributed by atoms with Gasteiger partial charge in [0.05, 0.1) is 5.69 Å². The highest BCUT2D eigenvalue weighted by Crippen LogP contribution is 2.33. The number of hydrogen-bond donors (Lipinski definition) is 0. The van der Waals surface area contributed by atoms with Crippen LogP contribution in [0.4, 0.5) is 8.78 Å². The Morgan fingerprint density at radius 1 is 1.21 bits per heavy atom. The lowest BCUT2D eigenvalue weighted by molar-refractivity contribution is -0.0498. The van der Waals surface area contributed by atoms with Gasteiger partial charge in [0.15, 0.2) is 5.78 Å². The summed E-state index contributed by atoms with van der Waals surface area (Å²) in [5.41, 5.74) is 0.508. The van der Waals surface area contributed by atoms with Crippen molar-refractivity contribution < 1.29 is 18.3 Å². The SMILES string of the molecule is CC1(C)CC(=O)c2nn(-c3cccc(OC(F)F)c3)c(=O)cc2C1. The Hall–Kier alpha value is -2.57. The molecule has 0 saturated heterocycles. The summed E-state index contributed by atoms with van der Waals surface area (Å²) in [6, 6.07) is 7.04. The van der Waals surface area contributed by atoms with E-state index in [1.54, 1.807) is 0 Å². The lowest BCUT2D eigenvalue weighted by Crippen LogP contribution is -2.33. The number of rotatable bonds is 3. The smallest absolute Gasteiger partial charge is 0.387 e. The number of alkyl halides is 2. The summed E-state index contributed by atoms with van der Waals surface area (Å²) in [5.74, 6) is -0.212. The van der Waals surface area contributed by atoms with Crippen molar-refractivity contribution in [2.45, 2.75) is 33.3 Å². The Labute approximate surface area is 136 Å². The van der Waals surface area contributed by atoms with Crippen LogP contribution in [0.25, 0.3) is 5.69 Å². The summed E-state index contributed by atoms with van der Waals surface area (Å²) in [6.07, 6.45) is 0.936. The van der Waals surface area contributed by atoms with Crippen LogP contribution in [-0.4, -0.2) is 22.2 Å². The fraction of sp³-hybridized carbons (Fsp3) is 0.353. The molecular weight excluding hydrogens is 318 g/mol. The minimum atomic E-state index is -2.96. The van der Waals surface area contributed by atoms with E-state index in [0.29, 0.717) is 18.4 Å². The zero-order valence-corrected chi connectivity index (χ0v) is 13.3. The molecule has 3 rings (SSSR count). The van der Waals surface area contributed by atoms with Crippen LogP contribution in [0.2, 0.25) is 0 Å². The minimum absolute atomic E-state index is 0.0821. The number of aromatic nitrogens is 2. The molecule has 0 radical (unpaired) electrons. The predicted molar refractivity (Wildman–Crippen MR) is 82.9 cm³/mol. The number of ketones is 1. The van der Waals surface area contributed by atoms with E-state index >= 15 is 0 Å². The average Bonchev–Trinajstić information content (AvgIpc) is 2.44. The molecule has 0 N–H and O–H groups in total. The third-order valence-corrected chi connectivity index (χ3v) is 3.87. The van der Waals surface area contributed by atoms with Crippen molar-refractivity contribution >= 4 is 5.78 Å². The van der Waals surface area contributed by atoms with Crippen LogP contribution in [0, 0.1) is 5.41 Å². The van der Waals surface area contributed by atoms with Crippen LogP contribution >= 0.6 is 0 Å². The summed E-state index contributed by atoms with van der Waals surface area (Å²) in [5, 5.41) is 4.16. The van der Waals surface area contributed by atoms with Gasteiger partial charge < -0.3 is 4.74 Å². The first kappa shape index (κ1) is 16.3. The number of halogens is 2. The van der Waals surface area contributed by atoms with E-state index in [1.165, 1.54) is 30.3 Å². The number of carbonyl (C=O) groups is 1. The molecule has 0 spiro atoms. The largest absolute Gasteiger partial charge is 0.435 e. The van der Waals surface area contributed by atoms with Crippen LogP contribution in [-0.2, 0) is 6.42 Å². The van der Waals surface area contributed by atoms with Crippen LogP contribution in [0.1, 0.15) is 36.3 Å². The number of benzene rings is 1. The quantitative estimate of drug-likeness (QED) is 0.866. The third kappa shape index (κ3) is 3.20. The summed E-state index contributed by atoms with van der Waals surface area (Å²) >= 11 is 0. The second-order valence-corrected chi connectivity index (χ2v) is 6.59. The molecule has 0 bridgehead atoms. The van der Waals surface area contributed by atoms with Gasteiger partial charge in [-0.25, -0.2) is 0 Å². The van der Waals surface area contributed by atoms with Crippen molar-refractivity contribution in [1.82, 2.24) is 9.78 Å². The van der Waals surface area contributed by atoms with Gasteiger partial charge in [0.2, 0.25) is 0 Å². The monoisotopic (exact) mass is 334 g/mol. The average molecular weight is 334 g/mol. The van der Waals surface area contributed by atoms with E-state index < -0.39 is 12.2 Å². The van der Waals surface area contributed by atoms with Gasteiger partial charge in [0, 0.05) is 18.6 Å². The zero-order valence-electron chi connectivity index (χ0n) is 13.3. The molecule has 0 saturated carbocycles. The fourth-order valence-electron chi connectivity index (χ4n) is 2.93. The maximum absolute atomic E-state index is 12.3. The molecule has 1 aromatic heterocycles. The van der Waals surface area contributed by atoms with Gasteiger partial charge in [-0.05, 0) is 29.5 Å². The number of ether oxygens (including phenoxy) is 1. The predicted octanol–water partition coefficient (Wildman–Crippen LogP) is 2.99.